The first-order chi connectivity index (χ1) is 10.8. The van der Waals surface area contributed by atoms with Crippen LogP contribution in [0.2, 0.25) is 0 Å². The smallest absolute Gasteiger partial charge is 0.416 e. The molecular formula is C16H16N2O4. The summed E-state index contributed by atoms with van der Waals surface area (Å²) in [6.45, 7) is 0.752. The molecule has 1 aromatic heterocycles. The number of aliphatic hydroxyl groups is 1. The van der Waals surface area contributed by atoms with Crippen LogP contribution in [0.15, 0.2) is 42.5 Å². The molecule has 0 fully saturated rings. The van der Waals surface area contributed by atoms with Crippen molar-refractivity contribution < 1.29 is 19.4 Å². The van der Waals surface area contributed by atoms with Gasteiger partial charge in [-0.2, -0.15) is 0 Å². The van der Waals surface area contributed by atoms with Crippen LogP contribution in [-0.4, -0.2) is 29.3 Å². The number of fused-ring (bicyclic) bond motifs is 1. The number of pyridine rings is 1. The van der Waals surface area contributed by atoms with E-state index in [0.717, 1.165) is 5.56 Å². The molecule has 0 atom stereocenters. The van der Waals surface area contributed by atoms with Crippen molar-refractivity contribution in [1.29, 1.82) is 0 Å². The number of benzene rings is 1. The Hall–Kier alpha value is -2.60. The van der Waals surface area contributed by atoms with Crippen LogP contribution in [-0.2, 0) is 18.0 Å². The van der Waals surface area contributed by atoms with E-state index in [9.17, 15) is 9.90 Å². The molecule has 1 N–H and O–H groups in total. The first-order valence-electron chi connectivity index (χ1n) is 7.00. The van der Waals surface area contributed by atoms with Gasteiger partial charge >= 0.3 is 6.09 Å². The van der Waals surface area contributed by atoms with E-state index in [1.165, 1.54) is 4.90 Å². The molecule has 0 aliphatic carbocycles. The second-order valence-electron chi connectivity index (χ2n) is 4.82. The zero-order valence-electron chi connectivity index (χ0n) is 11.9. The summed E-state index contributed by atoms with van der Waals surface area (Å²) >= 11 is 0. The molecule has 0 radical (unpaired) electrons. The second kappa shape index (κ2) is 6.44. The van der Waals surface area contributed by atoms with Gasteiger partial charge in [0.25, 0.3) is 0 Å². The number of anilines is 1. The van der Waals surface area contributed by atoms with Crippen LogP contribution in [0.5, 0.6) is 5.75 Å². The maximum absolute atomic E-state index is 12.3. The minimum Gasteiger partial charge on any atom is -0.488 e. The van der Waals surface area contributed by atoms with Crippen LogP contribution in [0.25, 0.3) is 0 Å². The molecule has 1 aromatic carbocycles. The predicted molar refractivity (Wildman–Crippen MR) is 79.6 cm³/mol. The Balaban J connectivity index is 1.74. The van der Waals surface area contributed by atoms with Crippen LogP contribution in [0.3, 0.4) is 0 Å². The summed E-state index contributed by atoms with van der Waals surface area (Å²) in [5.74, 6) is 0.899. The molecule has 3 rings (SSSR count). The Labute approximate surface area is 127 Å². The van der Waals surface area contributed by atoms with Crippen LogP contribution in [0.1, 0.15) is 11.3 Å². The zero-order valence-corrected chi connectivity index (χ0v) is 11.9. The van der Waals surface area contributed by atoms with Crippen molar-refractivity contribution in [3.05, 3.63) is 53.7 Å². The largest absolute Gasteiger partial charge is 0.488 e. The number of hydrogen-bond donors (Lipinski definition) is 1. The monoisotopic (exact) mass is 300 g/mol. The van der Waals surface area contributed by atoms with E-state index in [1.807, 2.05) is 30.3 Å². The zero-order chi connectivity index (χ0) is 15.4. The van der Waals surface area contributed by atoms with Gasteiger partial charge in [-0.3, -0.25) is 4.90 Å². The van der Waals surface area contributed by atoms with E-state index >= 15 is 0 Å². The molecule has 1 aliphatic rings. The molecule has 0 spiro atoms. The number of amides is 1. The SMILES string of the molecule is O=C(OCc1ccccc1)N1CCOc2ccc(CO)nc21. The summed E-state index contributed by atoms with van der Waals surface area (Å²) in [5.41, 5.74) is 1.39. The molecule has 2 heterocycles. The maximum atomic E-state index is 12.3. The lowest BCUT2D eigenvalue weighted by atomic mass is 10.2. The molecule has 22 heavy (non-hydrogen) atoms. The molecule has 6 nitrogen and oxygen atoms in total. The summed E-state index contributed by atoms with van der Waals surface area (Å²) < 4.78 is 10.8. The van der Waals surface area contributed by atoms with Gasteiger partial charge in [-0.25, -0.2) is 9.78 Å². The summed E-state index contributed by atoms with van der Waals surface area (Å²) in [4.78, 5) is 18.0. The van der Waals surface area contributed by atoms with Crippen molar-refractivity contribution in [1.82, 2.24) is 4.98 Å². The standard InChI is InChI=1S/C16H16N2O4/c19-10-13-6-7-14-15(17-13)18(8-9-21-14)16(20)22-11-12-4-2-1-3-5-12/h1-7,19H,8-11H2. The molecule has 0 saturated carbocycles. The fraction of sp³-hybridized carbons (Fsp3) is 0.250. The number of aliphatic hydroxyl groups excluding tert-OH is 1. The molecular weight excluding hydrogens is 284 g/mol. The number of carbonyl (C=O) groups excluding carboxylic acids is 1. The van der Waals surface area contributed by atoms with Gasteiger partial charge in [-0.05, 0) is 17.7 Å². The Bertz CT molecular complexity index is 660. The second-order valence-corrected chi connectivity index (χ2v) is 4.82. The quantitative estimate of drug-likeness (QED) is 0.940. The fourth-order valence-electron chi connectivity index (χ4n) is 2.20. The van der Waals surface area contributed by atoms with Crippen molar-refractivity contribution in [2.45, 2.75) is 13.2 Å². The Morgan fingerprint density at radius 2 is 2.09 bits per heavy atom. The van der Waals surface area contributed by atoms with Crippen LogP contribution >= 0.6 is 0 Å². The molecule has 0 saturated heterocycles. The minimum absolute atomic E-state index is 0.194. The highest BCUT2D eigenvalue weighted by Crippen LogP contribution is 2.30. The normalized spacial score (nSPS) is 13.2. The van der Waals surface area contributed by atoms with E-state index in [2.05, 4.69) is 4.98 Å². The summed E-state index contributed by atoms with van der Waals surface area (Å²) in [7, 11) is 0. The third kappa shape index (κ3) is 3.01. The van der Waals surface area contributed by atoms with Crippen LogP contribution in [0.4, 0.5) is 10.6 Å². The Morgan fingerprint density at radius 3 is 2.86 bits per heavy atom. The van der Waals surface area contributed by atoms with E-state index in [-0.39, 0.29) is 13.2 Å². The van der Waals surface area contributed by atoms with Crippen molar-refractivity contribution in [3.8, 4) is 5.75 Å². The number of aromatic nitrogens is 1. The highest BCUT2D eigenvalue weighted by Gasteiger charge is 2.26. The number of carbonyl (C=O) groups is 1. The van der Waals surface area contributed by atoms with Crippen LogP contribution < -0.4 is 9.64 Å². The van der Waals surface area contributed by atoms with Gasteiger partial charge < -0.3 is 14.6 Å². The van der Waals surface area contributed by atoms with Crippen molar-refractivity contribution in [2.24, 2.45) is 0 Å². The van der Waals surface area contributed by atoms with E-state index in [1.54, 1.807) is 12.1 Å². The van der Waals surface area contributed by atoms with Gasteiger partial charge in [0.2, 0.25) is 0 Å². The maximum Gasteiger partial charge on any atom is 0.416 e. The summed E-state index contributed by atoms with van der Waals surface area (Å²) in [6.07, 6.45) is -0.476. The van der Waals surface area contributed by atoms with Gasteiger partial charge in [0, 0.05) is 0 Å². The minimum atomic E-state index is -0.476. The molecule has 114 valence electrons. The molecule has 2 aromatic rings. The van der Waals surface area contributed by atoms with E-state index in [4.69, 9.17) is 9.47 Å². The highest BCUT2D eigenvalue weighted by molar-refractivity contribution is 5.88. The molecule has 0 unspecified atom stereocenters. The lowest BCUT2D eigenvalue weighted by molar-refractivity contribution is 0.143. The molecule has 1 aliphatic heterocycles. The van der Waals surface area contributed by atoms with Gasteiger partial charge in [0.05, 0.1) is 18.8 Å². The summed E-state index contributed by atoms with van der Waals surface area (Å²) in [5, 5.41) is 9.18. The first kappa shape index (κ1) is 14.3. The molecule has 6 heteroatoms. The third-order valence-electron chi connectivity index (χ3n) is 3.31. The van der Waals surface area contributed by atoms with Gasteiger partial charge in [0.1, 0.15) is 13.2 Å². The number of ether oxygens (including phenoxy) is 2. The van der Waals surface area contributed by atoms with E-state index in [0.29, 0.717) is 30.4 Å². The predicted octanol–water partition coefficient (Wildman–Crippen LogP) is 2.11. The summed E-state index contributed by atoms with van der Waals surface area (Å²) in [6, 6.07) is 12.8. The number of rotatable bonds is 3. The van der Waals surface area contributed by atoms with Gasteiger partial charge in [0.15, 0.2) is 11.6 Å². The lowest BCUT2D eigenvalue weighted by Crippen LogP contribution is -2.39. The highest BCUT2D eigenvalue weighted by atomic mass is 16.6. The Morgan fingerprint density at radius 1 is 1.27 bits per heavy atom. The number of nitrogens with zero attached hydrogens (tertiary/aromatic N) is 2. The lowest BCUT2D eigenvalue weighted by Gasteiger charge is -2.27. The Kier molecular flexibility index (Phi) is 4.20. The van der Waals surface area contributed by atoms with Crippen molar-refractivity contribution in [3.63, 3.8) is 0 Å². The molecule has 0 bridgehead atoms. The van der Waals surface area contributed by atoms with Crippen molar-refractivity contribution in [2.75, 3.05) is 18.1 Å². The van der Waals surface area contributed by atoms with Crippen LogP contribution in [0, 0.1) is 0 Å². The fourth-order valence-corrected chi connectivity index (χ4v) is 2.20. The average molecular weight is 300 g/mol. The van der Waals surface area contributed by atoms with Gasteiger partial charge in [-0.1, -0.05) is 30.3 Å². The number of hydrogen-bond acceptors (Lipinski definition) is 5. The first-order valence-corrected chi connectivity index (χ1v) is 7.00. The van der Waals surface area contributed by atoms with E-state index < -0.39 is 6.09 Å². The topological polar surface area (TPSA) is 71.9 Å². The van der Waals surface area contributed by atoms with Gasteiger partial charge in [-0.15, -0.1) is 0 Å². The molecule has 1 amide bonds. The average Bonchev–Trinajstić information content (AvgIpc) is 2.59. The van der Waals surface area contributed by atoms with Crippen molar-refractivity contribution >= 4 is 11.9 Å². The third-order valence-corrected chi connectivity index (χ3v) is 3.31.